The lowest BCUT2D eigenvalue weighted by Gasteiger charge is -2.13. The third kappa shape index (κ3) is 2.28. The van der Waals surface area contributed by atoms with E-state index >= 15 is 0 Å². The second-order valence-corrected chi connectivity index (χ2v) is 4.80. The molecule has 1 aliphatic rings. The van der Waals surface area contributed by atoms with Crippen LogP contribution in [0.25, 0.3) is 0 Å². The molecule has 0 radical (unpaired) electrons. The van der Waals surface area contributed by atoms with E-state index in [0.717, 1.165) is 25.9 Å². The van der Waals surface area contributed by atoms with E-state index in [1.165, 1.54) is 24.2 Å². The summed E-state index contributed by atoms with van der Waals surface area (Å²) in [6.45, 7) is 5.24. The van der Waals surface area contributed by atoms with Gasteiger partial charge in [0.05, 0.1) is 12.2 Å². The van der Waals surface area contributed by atoms with Gasteiger partial charge in [-0.25, -0.2) is 0 Å². The van der Waals surface area contributed by atoms with Crippen LogP contribution in [0.2, 0.25) is 0 Å². The van der Waals surface area contributed by atoms with E-state index in [4.69, 9.17) is 5.73 Å². The lowest BCUT2D eigenvalue weighted by atomic mass is 10.1. The highest BCUT2D eigenvalue weighted by molar-refractivity contribution is 5.17. The first-order valence-electron chi connectivity index (χ1n) is 6.14. The zero-order valence-corrected chi connectivity index (χ0v) is 10.3. The molecule has 1 atom stereocenters. The predicted octanol–water partition coefficient (Wildman–Crippen LogP) is 0.959. The van der Waals surface area contributed by atoms with E-state index in [1.54, 1.807) is 0 Å². The van der Waals surface area contributed by atoms with Crippen molar-refractivity contribution in [3.05, 3.63) is 17.5 Å². The maximum Gasteiger partial charge on any atom is 0.0661 e. The zero-order valence-electron chi connectivity index (χ0n) is 10.3. The smallest absolute Gasteiger partial charge is 0.0661 e. The Labute approximate surface area is 97.4 Å². The summed E-state index contributed by atoms with van der Waals surface area (Å²) < 4.78 is 2.20. The first-order valence-corrected chi connectivity index (χ1v) is 6.14. The minimum absolute atomic E-state index is 0.566. The van der Waals surface area contributed by atoms with Gasteiger partial charge >= 0.3 is 0 Å². The van der Waals surface area contributed by atoms with Gasteiger partial charge in [0.25, 0.3) is 0 Å². The Bertz CT molecular complexity index is 345. The number of hydrogen-bond donors (Lipinski definition) is 1. The van der Waals surface area contributed by atoms with Crippen molar-refractivity contribution in [3.8, 4) is 0 Å². The minimum atomic E-state index is 0.566. The molecule has 0 amide bonds. The Balaban J connectivity index is 2.07. The molecule has 90 valence electrons. The Morgan fingerprint density at radius 3 is 3.00 bits per heavy atom. The summed E-state index contributed by atoms with van der Waals surface area (Å²) in [5.41, 5.74) is 8.23. The van der Waals surface area contributed by atoms with Crippen LogP contribution in [0.5, 0.6) is 0 Å². The Kier molecular flexibility index (Phi) is 3.61. The molecule has 1 aromatic heterocycles. The van der Waals surface area contributed by atoms with Gasteiger partial charge in [-0.1, -0.05) is 0 Å². The lowest BCUT2D eigenvalue weighted by molar-refractivity contribution is 0.379. The quantitative estimate of drug-likeness (QED) is 0.825. The van der Waals surface area contributed by atoms with Crippen molar-refractivity contribution in [1.29, 1.82) is 0 Å². The molecule has 1 aromatic rings. The van der Waals surface area contributed by atoms with Crippen LogP contribution in [0.15, 0.2) is 6.20 Å². The topological polar surface area (TPSA) is 47.1 Å². The molecule has 1 unspecified atom stereocenters. The highest BCUT2D eigenvalue weighted by Gasteiger charge is 2.23. The van der Waals surface area contributed by atoms with Crippen molar-refractivity contribution in [2.45, 2.75) is 32.2 Å². The van der Waals surface area contributed by atoms with Crippen molar-refractivity contribution >= 4 is 0 Å². The van der Waals surface area contributed by atoms with Crippen LogP contribution in [0, 0.1) is 6.92 Å². The third-order valence-corrected chi connectivity index (χ3v) is 3.51. The minimum Gasteiger partial charge on any atom is -0.330 e. The van der Waals surface area contributed by atoms with Gasteiger partial charge in [-0.15, -0.1) is 0 Å². The average molecular weight is 222 g/mol. The highest BCUT2D eigenvalue weighted by Crippen LogP contribution is 2.22. The van der Waals surface area contributed by atoms with Gasteiger partial charge in [-0.2, -0.15) is 5.10 Å². The van der Waals surface area contributed by atoms with E-state index in [9.17, 15) is 0 Å². The molecule has 0 saturated carbocycles. The van der Waals surface area contributed by atoms with Gasteiger partial charge in [0.15, 0.2) is 0 Å². The first kappa shape index (κ1) is 11.6. The molecule has 4 heteroatoms. The van der Waals surface area contributed by atoms with Gasteiger partial charge in [-0.05, 0) is 51.9 Å². The standard InChI is InChI=1S/C12H22N4/c1-10-11(4-3-6-13)8-14-16(10)12-5-7-15(2)9-12/h8,12H,3-7,9,13H2,1-2H3. The van der Waals surface area contributed by atoms with Crippen molar-refractivity contribution in [2.24, 2.45) is 5.73 Å². The third-order valence-electron chi connectivity index (χ3n) is 3.51. The summed E-state index contributed by atoms with van der Waals surface area (Å²) in [6, 6.07) is 0.566. The molecule has 2 rings (SSSR count). The molecule has 16 heavy (non-hydrogen) atoms. The van der Waals surface area contributed by atoms with Crippen LogP contribution in [0.4, 0.5) is 0 Å². The van der Waals surface area contributed by atoms with Gasteiger partial charge in [0.1, 0.15) is 0 Å². The fourth-order valence-corrected chi connectivity index (χ4v) is 2.48. The van der Waals surface area contributed by atoms with E-state index in [1.807, 2.05) is 6.20 Å². The van der Waals surface area contributed by atoms with E-state index < -0.39 is 0 Å². The van der Waals surface area contributed by atoms with Crippen LogP contribution in [-0.2, 0) is 6.42 Å². The van der Waals surface area contributed by atoms with Crippen molar-refractivity contribution in [3.63, 3.8) is 0 Å². The van der Waals surface area contributed by atoms with Gasteiger partial charge in [0, 0.05) is 12.2 Å². The SMILES string of the molecule is Cc1c(CCCN)cnn1C1CCN(C)C1. The summed E-state index contributed by atoms with van der Waals surface area (Å²) in [5.74, 6) is 0. The maximum absolute atomic E-state index is 5.54. The van der Waals surface area contributed by atoms with E-state index in [-0.39, 0.29) is 0 Å². The molecule has 1 saturated heterocycles. The fraction of sp³-hybridized carbons (Fsp3) is 0.750. The maximum atomic E-state index is 5.54. The Morgan fingerprint density at radius 2 is 2.38 bits per heavy atom. The molecule has 0 spiro atoms. The van der Waals surface area contributed by atoms with Crippen molar-refractivity contribution in [2.75, 3.05) is 26.7 Å². The molecule has 2 heterocycles. The van der Waals surface area contributed by atoms with E-state index in [2.05, 4.69) is 28.7 Å². The summed E-state index contributed by atoms with van der Waals surface area (Å²) in [5, 5.41) is 4.53. The second kappa shape index (κ2) is 4.97. The molecule has 0 aromatic carbocycles. The second-order valence-electron chi connectivity index (χ2n) is 4.80. The fourth-order valence-electron chi connectivity index (χ4n) is 2.48. The monoisotopic (exact) mass is 222 g/mol. The molecular weight excluding hydrogens is 200 g/mol. The van der Waals surface area contributed by atoms with Crippen molar-refractivity contribution in [1.82, 2.24) is 14.7 Å². The molecular formula is C12H22N4. The molecule has 4 nitrogen and oxygen atoms in total. The van der Waals surface area contributed by atoms with Gasteiger partial charge in [-0.3, -0.25) is 4.68 Å². The normalized spacial score (nSPS) is 21.8. The van der Waals surface area contributed by atoms with Crippen molar-refractivity contribution < 1.29 is 0 Å². The predicted molar refractivity (Wildman–Crippen MR) is 65.5 cm³/mol. The Hall–Kier alpha value is -0.870. The van der Waals surface area contributed by atoms with E-state index in [0.29, 0.717) is 6.04 Å². The molecule has 0 bridgehead atoms. The number of rotatable bonds is 4. The molecule has 1 fully saturated rings. The number of likely N-dealkylation sites (tertiary alicyclic amines) is 1. The lowest BCUT2D eigenvalue weighted by Crippen LogP contribution is -2.18. The summed E-state index contributed by atoms with van der Waals surface area (Å²) in [7, 11) is 2.17. The molecule has 0 aliphatic carbocycles. The number of likely N-dealkylation sites (N-methyl/N-ethyl adjacent to an activating group) is 1. The molecule has 2 N–H and O–H groups in total. The molecule has 1 aliphatic heterocycles. The van der Waals surface area contributed by atoms with Crippen LogP contribution in [-0.4, -0.2) is 41.4 Å². The number of nitrogens with zero attached hydrogens (tertiary/aromatic N) is 3. The number of nitrogens with two attached hydrogens (primary N) is 1. The Morgan fingerprint density at radius 1 is 1.56 bits per heavy atom. The summed E-state index contributed by atoms with van der Waals surface area (Å²) >= 11 is 0. The van der Waals surface area contributed by atoms with Gasteiger partial charge < -0.3 is 10.6 Å². The van der Waals surface area contributed by atoms with Crippen LogP contribution in [0.3, 0.4) is 0 Å². The summed E-state index contributed by atoms with van der Waals surface area (Å²) in [4.78, 5) is 2.37. The number of hydrogen-bond acceptors (Lipinski definition) is 3. The van der Waals surface area contributed by atoms with Crippen LogP contribution < -0.4 is 5.73 Å². The van der Waals surface area contributed by atoms with Gasteiger partial charge in [0.2, 0.25) is 0 Å². The zero-order chi connectivity index (χ0) is 11.5. The number of aromatic nitrogens is 2. The van der Waals surface area contributed by atoms with Crippen LogP contribution in [0.1, 0.15) is 30.1 Å². The number of aryl methyl sites for hydroxylation is 1. The van der Waals surface area contributed by atoms with Crippen LogP contribution >= 0.6 is 0 Å². The summed E-state index contributed by atoms with van der Waals surface area (Å²) in [6.07, 6.45) is 5.35. The largest absolute Gasteiger partial charge is 0.330 e. The highest BCUT2D eigenvalue weighted by atomic mass is 15.3. The average Bonchev–Trinajstić information content (AvgIpc) is 2.83. The first-order chi connectivity index (χ1) is 7.72.